The van der Waals surface area contributed by atoms with Gasteiger partial charge in [-0.05, 0) is 36.3 Å². The first-order chi connectivity index (χ1) is 10.3. The van der Waals surface area contributed by atoms with E-state index in [4.69, 9.17) is 16.7 Å². The van der Waals surface area contributed by atoms with E-state index in [9.17, 15) is 18.0 Å². The summed E-state index contributed by atoms with van der Waals surface area (Å²) in [4.78, 5) is 13.5. The number of nitrogens with zero attached hydrogens (tertiary/aromatic N) is 1. The highest BCUT2D eigenvalue weighted by atomic mass is 35.5. The minimum absolute atomic E-state index is 0.0208. The van der Waals surface area contributed by atoms with Crippen LogP contribution in [0, 0.1) is 5.92 Å². The number of aliphatic hydroxyl groups excluding tert-OH is 1. The second-order valence-corrected chi connectivity index (χ2v) is 5.60. The fourth-order valence-electron chi connectivity index (χ4n) is 2.30. The molecule has 120 valence electrons. The second-order valence-electron chi connectivity index (χ2n) is 5.19. The minimum Gasteiger partial charge on any atom is -0.396 e. The molecule has 1 saturated heterocycles. The van der Waals surface area contributed by atoms with Crippen LogP contribution in [-0.4, -0.2) is 35.6 Å². The van der Waals surface area contributed by atoms with Crippen LogP contribution in [0.2, 0.25) is 5.02 Å². The van der Waals surface area contributed by atoms with Gasteiger partial charge in [-0.2, -0.15) is 13.2 Å². The fraction of sp³-hybridized carbons (Fsp3) is 0.400. The highest BCUT2D eigenvalue weighted by molar-refractivity contribution is 6.32. The van der Waals surface area contributed by atoms with Crippen molar-refractivity contribution in [1.29, 1.82) is 0 Å². The average molecular weight is 334 g/mol. The number of hydrogen-bond acceptors (Lipinski definition) is 2. The van der Waals surface area contributed by atoms with Gasteiger partial charge in [-0.1, -0.05) is 11.6 Å². The Kier molecular flexibility index (Phi) is 5.13. The van der Waals surface area contributed by atoms with Gasteiger partial charge in [0.25, 0.3) is 0 Å². The lowest BCUT2D eigenvalue weighted by molar-refractivity contribution is -0.137. The van der Waals surface area contributed by atoms with E-state index in [0.29, 0.717) is 13.1 Å². The van der Waals surface area contributed by atoms with E-state index < -0.39 is 11.7 Å². The lowest BCUT2D eigenvalue weighted by atomic mass is 10.1. The molecule has 7 heteroatoms. The number of rotatable bonds is 3. The first-order valence-electron chi connectivity index (χ1n) is 6.76. The predicted molar refractivity (Wildman–Crippen MR) is 77.3 cm³/mol. The second kappa shape index (κ2) is 6.71. The third-order valence-electron chi connectivity index (χ3n) is 3.58. The van der Waals surface area contributed by atoms with Crippen molar-refractivity contribution in [2.75, 3.05) is 19.7 Å². The van der Waals surface area contributed by atoms with E-state index in [0.717, 1.165) is 24.6 Å². The molecule has 1 aromatic rings. The quantitative estimate of drug-likeness (QED) is 0.863. The first-order valence-corrected chi connectivity index (χ1v) is 7.13. The van der Waals surface area contributed by atoms with Crippen LogP contribution in [0.3, 0.4) is 0 Å². The lowest BCUT2D eigenvalue weighted by Gasteiger charge is -2.13. The zero-order chi connectivity index (χ0) is 16.3. The molecule has 1 N–H and O–H groups in total. The number of hydrogen-bond donors (Lipinski definition) is 1. The topological polar surface area (TPSA) is 40.5 Å². The van der Waals surface area contributed by atoms with Gasteiger partial charge in [0.2, 0.25) is 5.91 Å². The summed E-state index contributed by atoms with van der Waals surface area (Å²) in [5.74, 6) is -0.237. The summed E-state index contributed by atoms with van der Waals surface area (Å²) in [6.45, 7) is 1.01. The maximum atomic E-state index is 12.7. The van der Waals surface area contributed by atoms with Crippen LogP contribution in [0.1, 0.15) is 17.5 Å². The van der Waals surface area contributed by atoms with Gasteiger partial charge < -0.3 is 10.0 Å². The van der Waals surface area contributed by atoms with Crippen molar-refractivity contribution >= 4 is 23.6 Å². The summed E-state index contributed by atoms with van der Waals surface area (Å²) in [5, 5.41) is 9.18. The van der Waals surface area contributed by atoms with Crippen molar-refractivity contribution in [3.63, 3.8) is 0 Å². The van der Waals surface area contributed by atoms with Gasteiger partial charge in [0.15, 0.2) is 0 Å². The van der Waals surface area contributed by atoms with Crippen LogP contribution in [0.4, 0.5) is 13.2 Å². The third kappa shape index (κ3) is 4.01. The Morgan fingerprint density at radius 3 is 2.77 bits per heavy atom. The van der Waals surface area contributed by atoms with E-state index in [1.807, 2.05) is 0 Å². The van der Waals surface area contributed by atoms with E-state index in [1.165, 1.54) is 12.2 Å². The van der Waals surface area contributed by atoms with Gasteiger partial charge in [-0.3, -0.25) is 4.79 Å². The van der Waals surface area contributed by atoms with E-state index >= 15 is 0 Å². The van der Waals surface area contributed by atoms with Gasteiger partial charge >= 0.3 is 6.18 Å². The van der Waals surface area contributed by atoms with Gasteiger partial charge in [-0.15, -0.1) is 0 Å². The normalized spacial score (nSPS) is 19.1. The highest BCUT2D eigenvalue weighted by Gasteiger charge is 2.30. The highest BCUT2D eigenvalue weighted by Crippen LogP contribution is 2.32. The Morgan fingerprint density at radius 1 is 1.45 bits per heavy atom. The molecule has 1 amide bonds. The number of benzene rings is 1. The molecule has 1 aromatic carbocycles. The molecule has 1 aliphatic rings. The van der Waals surface area contributed by atoms with Crippen molar-refractivity contribution in [2.45, 2.75) is 12.6 Å². The zero-order valence-corrected chi connectivity index (χ0v) is 12.4. The summed E-state index contributed by atoms with van der Waals surface area (Å²) in [5.41, 5.74) is -0.673. The van der Waals surface area contributed by atoms with E-state index in [2.05, 4.69) is 0 Å². The van der Waals surface area contributed by atoms with Crippen molar-refractivity contribution in [3.8, 4) is 0 Å². The summed E-state index contributed by atoms with van der Waals surface area (Å²) in [7, 11) is 0. The van der Waals surface area contributed by atoms with Gasteiger partial charge in [0, 0.05) is 36.7 Å². The molecule has 3 nitrogen and oxygen atoms in total. The van der Waals surface area contributed by atoms with Gasteiger partial charge in [-0.25, -0.2) is 0 Å². The van der Waals surface area contributed by atoms with Crippen LogP contribution < -0.4 is 0 Å². The zero-order valence-electron chi connectivity index (χ0n) is 11.6. The Hall–Kier alpha value is -1.53. The van der Waals surface area contributed by atoms with Crippen molar-refractivity contribution in [3.05, 3.63) is 40.4 Å². The monoisotopic (exact) mass is 333 g/mol. The largest absolute Gasteiger partial charge is 0.416 e. The Bertz CT molecular complexity index is 587. The first kappa shape index (κ1) is 16.8. The Balaban J connectivity index is 2.11. The summed E-state index contributed by atoms with van der Waals surface area (Å²) < 4.78 is 38.0. The third-order valence-corrected chi connectivity index (χ3v) is 3.93. The van der Waals surface area contributed by atoms with Crippen LogP contribution in [0.15, 0.2) is 24.3 Å². The van der Waals surface area contributed by atoms with Crippen LogP contribution in [-0.2, 0) is 11.0 Å². The van der Waals surface area contributed by atoms with E-state index in [-0.39, 0.29) is 29.0 Å². The standard InChI is InChI=1S/C15H15ClF3NO2/c16-13-3-2-12(15(17,18)19)7-11(13)1-4-14(22)20-6-5-10(8-20)9-21/h1-4,7,10,21H,5-6,8-9H2/b4-1+. The smallest absolute Gasteiger partial charge is 0.396 e. The molecule has 0 saturated carbocycles. The predicted octanol–water partition coefficient (Wildman–Crippen LogP) is 3.21. The Labute approximate surface area is 131 Å². The minimum atomic E-state index is -4.46. The molecule has 0 aliphatic carbocycles. The molecule has 1 atom stereocenters. The van der Waals surface area contributed by atoms with Crippen molar-refractivity contribution < 1.29 is 23.1 Å². The maximum absolute atomic E-state index is 12.7. The Morgan fingerprint density at radius 2 is 2.18 bits per heavy atom. The molecule has 0 radical (unpaired) electrons. The summed E-state index contributed by atoms with van der Waals surface area (Å²) in [6.07, 6.45) is -1.24. The molecule has 1 fully saturated rings. The van der Waals surface area contributed by atoms with E-state index in [1.54, 1.807) is 4.90 Å². The SMILES string of the molecule is O=C(/C=C/c1cc(C(F)(F)F)ccc1Cl)N1CCC(CO)C1. The van der Waals surface area contributed by atoms with Crippen LogP contribution in [0.5, 0.6) is 0 Å². The summed E-state index contributed by atoms with van der Waals surface area (Å²) in [6, 6.07) is 2.96. The van der Waals surface area contributed by atoms with Gasteiger partial charge in [0.05, 0.1) is 5.56 Å². The van der Waals surface area contributed by atoms with Crippen LogP contribution in [0.25, 0.3) is 6.08 Å². The number of carbonyl (C=O) groups is 1. The molecule has 0 spiro atoms. The molecule has 22 heavy (non-hydrogen) atoms. The fourth-order valence-corrected chi connectivity index (χ4v) is 2.48. The molecule has 1 aliphatic heterocycles. The molecule has 0 bridgehead atoms. The molecule has 2 rings (SSSR count). The van der Waals surface area contributed by atoms with Crippen molar-refractivity contribution in [1.82, 2.24) is 4.90 Å². The van der Waals surface area contributed by atoms with Crippen LogP contribution >= 0.6 is 11.6 Å². The van der Waals surface area contributed by atoms with Gasteiger partial charge in [0.1, 0.15) is 0 Å². The number of aliphatic hydroxyl groups is 1. The maximum Gasteiger partial charge on any atom is 0.416 e. The number of halogens is 4. The molecular weight excluding hydrogens is 319 g/mol. The molecule has 1 heterocycles. The number of likely N-dealkylation sites (tertiary alicyclic amines) is 1. The molecular formula is C15H15ClF3NO2. The summed E-state index contributed by atoms with van der Waals surface area (Å²) >= 11 is 5.86. The number of amides is 1. The molecule has 1 unspecified atom stereocenters. The lowest BCUT2D eigenvalue weighted by Crippen LogP contribution is -2.27. The average Bonchev–Trinajstić information content (AvgIpc) is 2.94. The number of carbonyl (C=O) groups excluding carboxylic acids is 1. The molecule has 0 aromatic heterocycles. The number of alkyl halides is 3. The van der Waals surface area contributed by atoms with Crippen molar-refractivity contribution in [2.24, 2.45) is 5.92 Å².